The fraction of sp³-hybridized carbons (Fsp3) is 0.722. The molecule has 2 nitrogen and oxygen atoms in total. The van der Waals surface area contributed by atoms with Crippen molar-refractivity contribution in [2.24, 2.45) is 0 Å². The zero-order valence-corrected chi connectivity index (χ0v) is 13.1. The highest BCUT2D eigenvalue weighted by atomic mass is 16.3. The van der Waals surface area contributed by atoms with Crippen molar-refractivity contribution >= 4 is 0 Å². The average molecular weight is 277 g/mol. The Morgan fingerprint density at radius 3 is 2.15 bits per heavy atom. The van der Waals surface area contributed by atoms with Gasteiger partial charge in [-0.3, -0.25) is 4.98 Å². The minimum Gasteiger partial charge on any atom is -0.393 e. The second-order valence-corrected chi connectivity index (χ2v) is 5.81. The van der Waals surface area contributed by atoms with Crippen LogP contribution < -0.4 is 0 Å². The molecular formula is C18H31NO. The summed E-state index contributed by atoms with van der Waals surface area (Å²) in [5, 5.41) is 9.97. The maximum absolute atomic E-state index is 9.97. The van der Waals surface area contributed by atoms with Crippen molar-refractivity contribution in [3.8, 4) is 0 Å². The number of unbranched alkanes of at least 4 members (excludes halogenated alkanes) is 7. The van der Waals surface area contributed by atoms with Crippen LogP contribution in [0.25, 0.3) is 0 Å². The zero-order chi connectivity index (χ0) is 14.5. The summed E-state index contributed by atoms with van der Waals surface area (Å²) < 4.78 is 0. The van der Waals surface area contributed by atoms with Crippen LogP contribution in [0.4, 0.5) is 0 Å². The minimum atomic E-state index is -0.136. The molecule has 1 rings (SSSR count). The minimum absolute atomic E-state index is 0.136. The zero-order valence-electron chi connectivity index (χ0n) is 13.1. The SMILES string of the molecule is CCCCCCCCCCC(O)CCc1ccncc1. The quantitative estimate of drug-likeness (QED) is 0.551. The molecule has 1 N–H and O–H groups in total. The van der Waals surface area contributed by atoms with Crippen LogP contribution in [0, 0.1) is 0 Å². The molecule has 0 aliphatic heterocycles. The van der Waals surface area contributed by atoms with Crippen LogP contribution in [0.2, 0.25) is 0 Å². The molecule has 20 heavy (non-hydrogen) atoms. The Morgan fingerprint density at radius 1 is 0.900 bits per heavy atom. The van der Waals surface area contributed by atoms with E-state index >= 15 is 0 Å². The van der Waals surface area contributed by atoms with E-state index < -0.39 is 0 Å². The van der Waals surface area contributed by atoms with Crippen LogP contribution in [-0.2, 0) is 6.42 Å². The van der Waals surface area contributed by atoms with E-state index in [2.05, 4.69) is 11.9 Å². The van der Waals surface area contributed by atoms with Crippen molar-refractivity contribution in [2.45, 2.75) is 83.7 Å². The molecule has 0 spiro atoms. The third-order valence-electron chi connectivity index (χ3n) is 3.91. The predicted octanol–water partition coefficient (Wildman–Crippen LogP) is 4.91. The lowest BCUT2D eigenvalue weighted by Crippen LogP contribution is -2.07. The van der Waals surface area contributed by atoms with Crippen molar-refractivity contribution in [3.05, 3.63) is 30.1 Å². The lowest BCUT2D eigenvalue weighted by molar-refractivity contribution is 0.151. The molecular weight excluding hydrogens is 246 g/mol. The van der Waals surface area contributed by atoms with Gasteiger partial charge in [0.2, 0.25) is 0 Å². The van der Waals surface area contributed by atoms with Gasteiger partial charge in [-0.1, -0.05) is 58.3 Å². The number of aliphatic hydroxyl groups excluding tert-OH is 1. The van der Waals surface area contributed by atoms with E-state index in [4.69, 9.17) is 0 Å². The van der Waals surface area contributed by atoms with Gasteiger partial charge >= 0.3 is 0 Å². The molecule has 0 aliphatic rings. The summed E-state index contributed by atoms with van der Waals surface area (Å²) in [6.07, 6.45) is 16.9. The molecule has 1 aromatic rings. The molecule has 0 saturated heterocycles. The molecule has 0 bridgehead atoms. The van der Waals surface area contributed by atoms with E-state index in [1.165, 1.54) is 56.9 Å². The molecule has 0 saturated carbocycles. The number of aromatic nitrogens is 1. The molecule has 1 atom stereocenters. The monoisotopic (exact) mass is 277 g/mol. The van der Waals surface area contributed by atoms with Gasteiger partial charge in [0.25, 0.3) is 0 Å². The number of pyridine rings is 1. The standard InChI is InChI=1S/C18H31NO/c1-2-3-4-5-6-7-8-9-10-18(20)12-11-17-13-15-19-16-14-17/h13-16,18,20H,2-12H2,1H3. The summed E-state index contributed by atoms with van der Waals surface area (Å²) in [4.78, 5) is 4.01. The summed E-state index contributed by atoms with van der Waals surface area (Å²) in [6.45, 7) is 2.26. The second-order valence-electron chi connectivity index (χ2n) is 5.81. The first kappa shape index (κ1) is 17.2. The molecule has 0 aromatic carbocycles. The second kappa shape index (κ2) is 11.9. The van der Waals surface area contributed by atoms with E-state index in [1.807, 2.05) is 24.5 Å². The van der Waals surface area contributed by atoms with E-state index in [0.29, 0.717) is 0 Å². The molecule has 0 fully saturated rings. The fourth-order valence-electron chi connectivity index (χ4n) is 2.54. The number of hydrogen-bond acceptors (Lipinski definition) is 2. The summed E-state index contributed by atoms with van der Waals surface area (Å²) in [6, 6.07) is 4.06. The lowest BCUT2D eigenvalue weighted by Gasteiger charge is -2.10. The van der Waals surface area contributed by atoms with Crippen LogP contribution in [0.1, 0.15) is 76.7 Å². The van der Waals surface area contributed by atoms with Gasteiger partial charge in [0.1, 0.15) is 0 Å². The van der Waals surface area contributed by atoms with Crippen molar-refractivity contribution in [2.75, 3.05) is 0 Å². The maximum Gasteiger partial charge on any atom is 0.0543 e. The Bertz CT molecular complexity index is 312. The Hall–Kier alpha value is -0.890. The van der Waals surface area contributed by atoms with Gasteiger partial charge in [-0.15, -0.1) is 0 Å². The van der Waals surface area contributed by atoms with E-state index in [0.717, 1.165) is 19.3 Å². The summed E-state index contributed by atoms with van der Waals surface area (Å²) in [5.41, 5.74) is 1.27. The highest BCUT2D eigenvalue weighted by Crippen LogP contribution is 2.13. The van der Waals surface area contributed by atoms with Crippen molar-refractivity contribution in [1.82, 2.24) is 4.98 Å². The van der Waals surface area contributed by atoms with Crippen molar-refractivity contribution < 1.29 is 5.11 Å². The maximum atomic E-state index is 9.97. The third-order valence-corrected chi connectivity index (χ3v) is 3.91. The molecule has 0 radical (unpaired) electrons. The fourth-order valence-corrected chi connectivity index (χ4v) is 2.54. The first-order valence-corrected chi connectivity index (χ1v) is 8.40. The first-order valence-electron chi connectivity index (χ1n) is 8.40. The van der Waals surface area contributed by atoms with Gasteiger partial charge in [0.05, 0.1) is 6.10 Å². The van der Waals surface area contributed by atoms with Crippen LogP contribution in [-0.4, -0.2) is 16.2 Å². The summed E-state index contributed by atoms with van der Waals surface area (Å²) in [5.74, 6) is 0. The van der Waals surface area contributed by atoms with Crippen molar-refractivity contribution in [1.29, 1.82) is 0 Å². The van der Waals surface area contributed by atoms with Gasteiger partial charge in [0, 0.05) is 12.4 Å². The topological polar surface area (TPSA) is 33.1 Å². The Morgan fingerprint density at radius 2 is 1.50 bits per heavy atom. The van der Waals surface area contributed by atoms with Gasteiger partial charge in [-0.2, -0.15) is 0 Å². The molecule has 1 heterocycles. The van der Waals surface area contributed by atoms with Gasteiger partial charge in [-0.05, 0) is 37.0 Å². The molecule has 1 aromatic heterocycles. The normalized spacial score (nSPS) is 12.5. The van der Waals surface area contributed by atoms with Gasteiger partial charge < -0.3 is 5.11 Å². The summed E-state index contributed by atoms with van der Waals surface area (Å²) in [7, 11) is 0. The van der Waals surface area contributed by atoms with Gasteiger partial charge in [0.15, 0.2) is 0 Å². The summed E-state index contributed by atoms with van der Waals surface area (Å²) >= 11 is 0. The highest BCUT2D eigenvalue weighted by molar-refractivity contribution is 5.09. The first-order chi connectivity index (χ1) is 9.83. The third kappa shape index (κ3) is 9.08. The van der Waals surface area contributed by atoms with E-state index in [9.17, 15) is 5.11 Å². The molecule has 1 unspecified atom stereocenters. The number of hydrogen-bond donors (Lipinski definition) is 1. The van der Waals surface area contributed by atoms with Gasteiger partial charge in [-0.25, -0.2) is 0 Å². The van der Waals surface area contributed by atoms with Crippen molar-refractivity contribution in [3.63, 3.8) is 0 Å². The molecule has 0 amide bonds. The van der Waals surface area contributed by atoms with Crippen LogP contribution >= 0.6 is 0 Å². The predicted molar refractivity (Wildman–Crippen MR) is 85.8 cm³/mol. The van der Waals surface area contributed by atoms with E-state index in [1.54, 1.807) is 0 Å². The average Bonchev–Trinajstić information content (AvgIpc) is 2.49. The Balaban J connectivity index is 1.91. The van der Waals surface area contributed by atoms with E-state index in [-0.39, 0.29) is 6.10 Å². The Kier molecular flexibility index (Phi) is 10.2. The smallest absolute Gasteiger partial charge is 0.0543 e. The highest BCUT2D eigenvalue weighted by Gasteiger charge is 2.04. The number of aliphatic hydroxyl groups is 1. The van der Waals surface area contributed by atoms with Crippen LogP contribution in [0.5, 0.6) is 0 Å². The van der Waals surface area contributed by atoms with Crippen LogP contribution in [0.15, 0.2) is 24.5 Å². The largest absolute Gasteiger partial charge is 0.393 e. The molecule has 0 aliphatic carbocycles. The molecule has 114 valence electrons. The number of aryl methyl sites for hydroxylation is 1. The number of rotatable bonds is 12. The molecule has 2 heteroatoms. The lowest BCUT2D eigenvalue weighted by atomic mass is 10.0. The number of nitrogens with zero attached hydrogens (tertiary/aromatic N) is 1. The van der Waals surface area contributed by atoms with Crippen LogP contribution in [0.3, 0.4) is 0 Å². The Labute approximate surface area is 124 Å².